The van der Waals surface area contributed by atoms with Gasteiger partial charge in [0, 0.05) is 30.7 Å². The second kappa shape index (κ2) is 7.76. The molecule has 0 unspecified atom stereocenters. The smallest absolute Gasteiger partial charge is 0.422 e. The van der Waals surface area contributed by atoms with E-state index < -0.39 is 12.8 Å². The van der Waals surface area contributed by atoms with Crippen LogP contribution in [0.4, 0.5) is 13.2 Å². The predicted molar refractivity (Wildman–Crippen MR) is 80.3 cm³/mol. The van der Waals surface area contributed by atoms with Crippen LogP contribution in [-0.2, 0) is 17.8 Å². The van der Waals surface area contributed by atoms with Crippen LogP contribution >= 0.6 is 0 Å². The number of aromatic nitrogens is 2. The Kier molecular flexibility index (Phi) is 5.73. The first-order chi connectivity index (χ1) is 11.3. The highest BCUT2D eigenvalue weighted by atomic mass is 19.4. The molecule has 2 aromatic rings. The molecular formula is C16H16F3N3O2. The lowest BCUT2D eigenvalue weighted by Crippen LogP contribution is -2.25. The minimum atomic E-state index is -4.42. The summed E-state index contributed by atoms with van der Waals surface area (Å²) in [6.07, 6.45) is -1.26. The summed E-state index contributed by atoms with van der Waals surface area (Å²) in [7, 11) is 0. The Bertz CT molecular complexity index is 705. The van der Waals surface area contributed by atoms with E-state index >= 15 is 0 Å². The predicted octanol–water partition coefficient (Wildman–Crippen LogP) is 2.59. The van der Waals surface area contributed by atoms with Gasteiger partial charge >= 0.3 is 6.18 Å². The Morgan fingerprint density at radius 3 is 2.75 bits per heavy atom. The molecule has 8 heteroatoms. The summed E-state index contributed by atoms with van der Waals surface area (Å²) in [5, 5.41) is 2.70. The van der Waals surface area contributed by atoms with Crippen molar-refractivity contribution in [1.82, 2.24) is 15.3 Å². The number of rotatable bonds is 6. The molecule has 0 fully saturated rings. The van der Waals surface area contributed by atoms with E-state index in [4.69, 9.17) is 0 Å². The Labute approximate surface area is 136 Å². The lowest BCUT2D eigenvalue weighted by molar-refractivity contribution is -0.154. The fraction of sp³-hybridized carbons (Fsp3) is 0.312. The minimum absolute atomic E-state index is 0.137. The molecule has 0 aliphatic rings. The molecule has 0 radical (unpaired) electrons. The molecule has 2 heterocycles. The van der Waals surface area contributed by atoms with Gasteiger partial charge in [0.25, 0.3) is 0 Å². The van der Waals surface area contributed by atoms with Gasteiger partial charge in [-0.05, 0) is 30.2 Å². The molecule has 0 aliphatic heterocycles. The summed E-state index contributed by atoms with van der Waals surface area (Å²) in [5.74, 6) is -0.345. The fourth-order valence-corrected chi connectivity index (χ4v) is 1.94. The van der Waals surface area contributed by atoms with Crippen molar-refractivity contribution in [3.63, 3.8) is 0 Å². The highest BCUT2D eigenvalue weighted by Crippen LogP contribution is 2.17. The maximum absolute atomic E-state index is 12.1. The molecule has 0 aliphatic carbocycles. The lowest BCUT2D eigenvalue weighted by atomic mass is 10.1. The largest absolute Gasteiger partial charge is 0.468 e. The van der Waals surface area contributed by atoms with Crippen molar-refractivity contribution in [2.24, 2.45) is 0 Å². The van der Waals surface area contributed by atoms with E-state index in [1.54, 1.807) is 18.3 Å². The zero-order chi connectivity index (χ0) is 17.6. The van der Waals surface area contributed by atoms with Crippen molar-refractivity contribution >= 4 is 5.91 Å². The second-order valence-electron chi connectivity index (χ2n) is 5.11. The molecule has 0 spiro atoms. The molecule has 1 amide bonds. The van der Waals surface area contributed by atoms with Crippen molar-refractivity contribution in [2.75, 3.05) is 6.61 Å². The zero-order valence-electron chi connectivity index (χ0n) is 12.9. The number of carbonyl (C=O) groups excluding carboxylic acids is 1. The monoisotopic (exact) mass is 339 g/mol. The first-order valence-corrected chi connectivity index (χ1v) is 7.15. The number of carbonyl (C=O) groups is 1. The van der Waals surface area contributed by atoms with Gasteiger partial charge in [-0.3, -0.25) is 9.78 Å². The van der Waals surface area contributed by atoms with E-state index in [2.05, 4.69) is 20.0 Å². The first kappa shape index (κ1) is 17.7. The van der Waals surface area contributed by atoms with E-state index in [0.29, 0.717) is 5.56 Å². The zero-order valence-corrected chi connectivity index (χ0v) is 12.9. The molecule has 0 bridgehead atoms. The number of nitrogens with one attached hydrogen (secondary N) is 1. The van der Waals surface area contributed by atoms with Gasteiger partial charge in [-0.15, -0.1) is 0 Å². The number of halogens is 3. The van der Waals surface area contributed by atoms with Crippen molar-refractivity contribution in [2.45, 2.75) is 26.1 Å². The third-order valence-corrected chi connectivity index (χ3v) is 3.14. The van der Waals surface area contributed by atoms with E-state index in [9.17, 15) is 18.0 Å². The van der Waals surface area contributed by atoms with Crippen molar-refractivity contribution in [3.8, 4) is 5.88 Å². The molecule has 2 rings (SSSR count). The van der Waals surface area contributed by atoms with Crippen LogP contribution < -0.4 is 10.1 Å². The van der Waals surface area contributed by atoms with Gasteiger partial charge in [-0.25, -0.2) is 4.98 Å². The van der Waals surface area contributed by atoms with Gasteiger partial charge in [-0.1, -0.05) is 6.07 Å². The topological polar surface area (TPSA) is 64.1 Å². The number of amides is 1. The van der Waals surface area contributed by atoms with Crippen molar-refractivity contribution in [1.29, 1.82) is 0 Å². The van der Waals surface area contributed by atoms with Gasteiger partial charge < -0.3 is 10.1 Å². The summed E-state index contributed by atoms with van der Waals surface area (Å²) in [6, 6.07) is 6.53. The molecule has 0 atom stereocenters. The molecule has 1 N–H and O–H groups in total. The highest BCUT2D eigenvalue weighted by Gasteiger charge is 2.28. The quantitative estimate of drug-likeness (QED) is 0.879. The average Bonchev–Trinajstić information content (AvgIpc) is 2.53. The van der Waals surface area contributed by atoms with E-state index in [1.807, 2.05) is 13.0 Å². The van der Waals surface area contributed by atoms with E-state index in [0.717, 1.165) is 11.3 Å². The van der Waals surface area contributed by atoms with Gasteiger partial charge in [0.05, 0.1) is 6.42 Å². The second-order valence-corrected chi connectivity index (χ2v) is 5.11. The van der Waals surface area contributed by atoms with Gasteiger partial charge in [0.1, 0.15) is 0 Å². The van der Waals surface area contributed by atoms with Gasteiger partial charge in [-0.2, -0.15) is 13.2 Å². The molecule has 5 nitrogen and oxygen atoms in total. The van der Waals surface area contributed by atoms with Gasteiger partial charge in [0.2, 0.25) is 11.8 Å². The van der Waals surface area contributed by atoms with Crippen molar-refractivity contribution in [3.05, 3.63) is 53.5 Å². The Balaban J connectivity index is 1.87. The lowest BCUT2D eigenvalue weighted by Gasteiger charge is -2.10. The SMILES string of the molecule is Cc1ncccc1CC(=O)NCc1ccnc(OCC(F)(F)F)c1. The molecule has 2 aromatic heterocycles. The van der Waals surface area contributed by atoms with Crippen LogP contribution in [0.5, 0.6) is 5.88 Å². The number of ether oxygens (including phenoxy) is 1. The highest BCUT2D eigenvalue weighted by molar-refractivity contribution is 5.78. The molecule has 0 saturated carbocycles. The van der Waals surface area contributed by atoms with E-state index in [1.165, 1.54) is 12.3 Å². The summed E-state index contributed by atoms with van der Waals surface area (Å²) in [4.78, 5) is 19.8. The van der Waals surface area contributed by atoms with Crippen LogP contribution in [0.3, 0.4) is 0 Å². The molecule has 128 valence electrons. The number of alkyl halides is 3. The Morgan fingerprint density at radius 2 is 2.04 bits per heavy atom. The van der Waals surface area contributed by atoms with Gasteiger partial charge in [0.15, 0.2) is 6.61 Å². The van der Waals surface area contributed by atoms with Crippen LogP contribution in [0.1, 0.15) is 16.8 Å². The van der Waals surface area contributed by atoms with Crippen LogP contribution in [0.2, 0.25) is 0 Å². The summed E-state index contributed by atoms with van der Waals surface area (Å²) in [5.41, 5.74) is 2.19. The van der Waals surface area contributed by atoms with Crippen LogP contribution in [0.15, 0.2) is 36.7 Å². The third kappa shape index (κ3) is 5.86. The summed E-state index contributed by atoms with van der Waals surface area (Å²) >= 11 is 0. The molecule has 24 heavy (non-hydrogen) atoms. The summed E-state index contributed by atoms with van der Waals surface area (Å²) < 4.78 is 40.9. The Hall–Kier alpha value is -2.64. The average molecular weight is 339 g/mol. The standard InChI is InChI=1S/C16H16F3N3O2/c1-11-13(3-2-5-20-11)8-14(23)22-9-12-4-6-21-15(7-12)24-10-16(17,18)19/h2-7H,8-10H2,1H3,(H,22,23). The van der Waals surface area contributed by atoms with Crippen LogP contribution in [-0.4, -0.2) is 28.7 Å². The molecule has 0 aromatic carbocycles. The number of hydrogen-bond donors (Lipinski definition) is 1. The molecular weight excluding hydrogens is 323 g/mol. The summed E-state index contributed by atoms with van der Waals surface area (Å²) in [6.45, 7) is 0.578. The number of pyridine rings is 2. The number of aryl methyl sites for hydroxylation is 1. The minimum Gasteiger partial charge on any atom is -0.468 e. The maximum atomic E-state index is 12.1. The maximum Gasteiger partial charge on any atom is 0.422 e. The number of hydrogen-bond acceptors (Lipinski definition) is 4. The normalized spacial score (nSPS) is 11.2. The van der Waals surface area contributed by atoms with Crippen LogP contribution in [0.25, 0.3) is 0 Å². The van der Waals surface area contributed by atoms with E-state index in [-0.39, 0.29) is 24.8 Å². The number of nitrogens with zero attached hydrogens (tertiary/aromatic N) is 2. The molecule has 0 saturated heterocycles. The fourth-order valence-electron chi connectivity index (χ4n) is 1.94. The first-order valence-electron chi connectivity index (χ1n) is 7.15. The Morgan fingerprint density at radius 1 is 1.25 bits per heavy atom. The van der Waals surface area contributed by atoms with Crippen LogP contribution in [0, 0.1) is 6.92 Å². The van der Waals surface area contributed by atoms with Crippen molar-refractivity contribution < 1.29 is 22.7 Å². The third-order valence-electron chi connectivity index (χ3n) is 3.14.